The van der Waals surface area contributed by atoms with E-state index in [0.29, 0.717) is 49.8 Å². The standard InChI is InChI=1S/C17H24N2O5/c1-5-24-17(21)19-8-6-18(7-9-19)16(20)13-11-15(23-4)14(22-3)10-12(13)2/h10-11H,5-9H2,1-4H3. The molecule has 24 heavy (non-hydrogen) atoms. The van der Waals surface area contributed by atoms with E-state index in [-0.39, 0.29) is 12.0 Å². The van der Waals surface area contributed by atoms with E-state index in [0.717, 1.165) is 5.56 Å². The molecule has 1 saturated heterocycles. The van der Waals surface area contributed by atoms with Gasteiger partial charge in [-0.2, -0.15) is 0 Å². The van der Waals surface area contributed by atoms with Crippen molar-refractivity contribution in [2.24, 2.45) is 0 Å². The Morgan fingerprint density at radius 1 is 1.00 bits per heavy atom. The minimum Gasteiger partial charge on any atom is -0.493 e. The van der Waals surface area contributed by atoms with Gasteiger partial charge >= 0.3 is 6.09 Å². The summed E-state index contributed by atoms with van der Waals surface area (Å²) in [6.07, 6.45) is -0.327. The first-order chi connectivity index (χ1) is 11.5. The van der Waals surface area contributed by atoms with Gasteiger partial charge in [0, 0.05) is 31.7 Å². The van der Waals surface area contributed by atoms with E-state index in [2.05, 4.69) is 0 Å². The van der Waals surface area contributed by atoms with E-state index in [1.807, 2.05) is 6.92 Å². The molecule has 0 atom stereocenters. The average molecular weight is 336 g/mol. The molecular weight excluding hydrogens is 312 g/mol. The number of methoxy groups -OCH3 is 2. The summed E-state index contributed by atoms with van der Waals surface area (Å²) in [6, 6.07) is 3.50. The van der Waals surface area contributed by atoms with Crippen LogP contribution < -0.4 is 9.47 Å². The van der Waals surface area contributed by atoms with Gasteiger partial charge in [0.05, 0.1) is 20.8 Å². The number of hydrogen-bond acceptors (Lipinski definition) is 5. The minimum atomic E-state index is -0.327. The lowest BCUT2D eigenvalue weighted by atomic mass is 10.1. The van der Waals surface area contributed by atoms with Gasteiger partial charge in [-0.1, -0.05) is 0 Å². The molecule has 0 spiro atoms. The first kappa shape index (κ1) is 17.9. The third kappa shape index (κ3) is 3.72. The lowest BCUT2D eigenvalue weighted by Gasteiger charge is -2.34. The van der Waals surface area contributed by atoms with Crippen molar-refractivity contribution in [3.63, 3.8) is 0 Å². The van der Waals surface area contributed by atoms with Gasteiger partial charge in [-0.25, -0.2) is 4.79 Å². The second-order valence-corrected chi connectivity index (χ2v) is 5.50. The zero-order valence-electron chi connectivity index (χ0n) is 14.6. The van der Waals surface area contributed by atoms with Crippen LogP contribution in [0.1, 0.15) is 22.8 Å². The van der Waals surface area contributed by atoms with Crippen molar-refractivity contribution in [1.82, 2.24) is 9.80 Å². The largest absolute Gasteiger partial charge is 0.493 e. The van der Waals surface area contributed by atoms with Crippen LogP contribution in [0.5, 0.6) is 11.5 Å². The molecule has 2 amide bonds. The van der Waals surface area contributed by atoms with Crippen molar-refractivity contribution in [3.05, 3.63) is 23.3 Å². The summed E-state index contributed by atoms with van der Waals surface area (Å²) in [5.41, 5.74) is 1.41. The van der Waals surface area contributed by atoms with Gasteiger partial charge in [0.25, 0.3) is 5.91 Å². The maximum Gasteiger partial charge on any atom is 0.409 e. The molecule has 2 rings (SSSR count). The second-order valence-electron chi connectivity index (χ2n) is 5.50. The van der Waals surface area contributed by atoms with E-state index in [1.54, 1.807) is 43.1 Å². The van der Waals surface area contributed by atoms with E-state index in [9.17, 15) is 9.59 Å². The monoisotopic (exact) mass is 336 g/mol. The molecule has 132 valence electrons. The number of carbonyl (C=O) groups excluding carboxylic acids is 2. The number of ether oxygens (including phenoxy) is 3. The molecule has 0 bridgehead atoms. The number of aryl methyl sites for hydroxylation is 1. The predicted molar refractivity (Wildman–Crippen MR) is 88.8 cm³/mol. The molecule has 1 aliphatic heterocycles. The topological polar surface area (TPSA) is 68.3 Å². The molecule has 0 saturated carbocycles. The molecule has 1 aliphatic rings. The molecule has 0 radical (unpaired) electrons. The van der Waals surface area contributed by atoms with Crippen LogP contribution >= 0.6 is 0 Å². The summed E-state index contributed by atoms with van der Waals surface area (Å²) < 4.78 is 15.5. The molecular formula is C17H24N2O5. The summed E-state index contributed by atoms with van der Waals surface area (Å²) in [5, 5.41) is 0. The first-order valence-corrected chi connectivity index (χ1v) is 7.95. The van der Waals surface area contributed by atoms with E-state index < -0.39 is 0 Å². The molecule has 1 aromatic carbocycles. The molecule has 1 fully saturated rings. The number of hydrogen-bond donors (Lipinski definition) is 0. The summed E-state index contributed by atoms with van der Waals surface area (Å²) >= 11 is 0. The third-order valence-electron chi connectivity index (χ3n) is 4.05. The number of piperazine rings is 1. The fourth-order valence-electron chi connectivity index (χ4n) is 2.69. The Balaban J connectivity index is 2.09. The van der Waals surface area contributed by atoms with E-state index >= 15 is 0 Å². The highest BCUT2D eigenvalue weighted by Gasteiger charge is 2.27. The Kier molecular flexibility index (Phi) is 5.89. The van der Waals surface area contributed by atoms with Crippen LogP contribution in [0.2, 0.25) is 0 Å². The lowest BCUT2D eigenvalue weighted by Crippen LogP contribution is -2.50. The Labute approximate surface area is 142 Å². The van der Waals surface area contributed by atoms with E-state index in [1.165, 1.54) is 0 Å². The van der Waals surface area contributed by atoms with Gasteiger partial charge in [0.1, 0.15) is 0 Å². The number of nitrogens with zero attached hydrogens (tertiary/aromatic N) is 2. The average Bonchev–Trinajstić information content (AvgIpc) is 2.61. The summed E-state index contributed by atoms with van der Waals surface area (Å²) in [6.45, 7) is 5.88. The molecule has 1 aromatic rings. The molecule has 7 heteroatoms. The number of carbonyl (C=O) groups is 2. The molecule has 7 nitrogen and oxygen atoms in total. The van der Waals surface area contributed by atoms with Gasteiger partial charge in [0.2, 0.25) is 0 Å². The van der Waals surface area contributed by atoms with Crippen LogP contribution in [0, 0.1) is 6.92 Å². The van der Waals surface area contributed by atoms with E-state index in [4.69, 9.17) is 14.2 Å². The van der Waals surface area contributed by atoms with Crippen LogP contribution in [-0.4, -0.2) is 68.8 Å². The highest BCUT2D eigenvalue weighted by atomic mass is 16.6. The highest BCUT2D eigenvalue weighted by Crippen LogP contribution is 2.31. The van der Waals surface area contributed by atoms with Crippen molar-refractivity contribution in [1.29, 1.82) is 0 Å². The summed E-state index contributed by atoms with van der Waals surface area (Å²) in [7, 11) is 3.10. The zero-order valence-corrected chi connectivity index (χ0v) is 14.6. The predicted octanol–water partition coefficient (Wildman–Crippen LogP) is 1.93. The first-order valence-electron chi connectivity index (χ1n) is 7.95. The fraction of sp³-hybridized carbons (Fsp3) is 0.529. The molecule has 0 aromatic heterocycles. The van der Waals surface area contributed by atoms with Gasteiger partial charge in [-0.05, 0) is 31.5 Å². The molecule has 1 heterocycles. The zero-order chi connectivity index (χ0) is 17.7. The van der Waals surface area contributed by atoms with Crippen LogP contribution in [0.15, 0.2) is 12.1 Å². The van der Waals surface area contributed by atoms with Gasteiger partial charge in [0.15, 0.2) is 11.5 Å². The Bertz CT molecular complexity index is 609. The fourth-order valence-corrected chi connectivity index (χ4v) is 2.69. The quantitative estimate of drug-likeness (QED) is 0.840. The van der Waals surface area contributed by atoms with Crippen LogP contribution in [-0.2, 0) is 4.74 Å². The van der Waals surface area contributed by atoms with Gasteiger partial charge in [-0.3, -0.25) is 4.79 Å². The van der Waals surface area contributed by atoms with Crippen molar-refractivity contribution >= 4 is 12.0 Å². The minimum absolute atomic E-state index is 0.0723. The maximum atomic E-state index is 12.8. The Morgan fingerprint density at radius 2 is 1.54 bits per heavy atom. The van der Waals surface area contributed by atoms with Crippen molar-refractivity contribution in [3.8, 4) is 11.5 Å². The van der Waals surface area contributed by atoms with Crippen molar-refractivity contribution in [2.45, 2.75) is 13.8 Å². The lowest BCUT2D eigenvalue weighted by molar-refractivity contribution is 0.0569. The Morgan fingerprint density at radius 3 is 2.08 bits per heavy atom. The smallest absolute Gasteiger partial charge is 0.409 e. The van der Waals surface area contributed by atoms with Crippen molar-refractivity contribution in [2.75, 3.05) is 47.0 Å². The SMILES string of the molecule is CCOC(=O)N1CCN(C(=O)c2cc(OC)c(OC)cc2C)CC1. The maximum absolute atomic E-state index is 12.8. The van der Waals surface area contributed by atoms with Gasteiger partial charge < -0.3 is 24.0 Å². The summed E-state index contributed by atoms with van der Waals surface area (Å²) in [4.78, 5) is 27.9. The van der Waals surface area contributed by atoms with Crippen LogP contribution in [0.4, 0.5) is 4.79 Å². The number of benzene rings is 1. The number of rotatable bonds is 4. The normalized spacial score (nSPS) is 14.3. The highest BCUT2D eigenvalue weighted by molar-refractivity contribution is 5.96. The second kappa shape index (κ2) is 7.90. The van der Waals surface area contributed by atoms with Gasteiger partial charge in [-0.15, -0.1) is 0 Å². The molecule has 0 aliphatic carbocycles. The number of amides is 2. The molecule has 0 unspecified atom stereocenters. The van der Waals surface area contributed by atoms with Crippen LogP contribution in [0.3, 0.4) is 0 Å². The molecule has 0 N–H and O–H groups in total. The van der Waals surface area contributed by atoms with Crippen LogP contribution in [0.25, 0.3) is 0 Å². The Hall–Kier alpha value is -2.44. The summed E-state index contributed by atoms with van der Waals surface area (Å²) in [5.74, 6) is 1.05. The third-order valence-corrected chi connectivity index (χ3v) is 4.05. The van der Waals surface area contributed by atoms with Crippen molar-refractivity contribution < 1.29 is 23.8 Å².